The molecule has 1 aliphatic heterocycles. The van der Waals surface area contributed by atoms with Crippen molar-refractivity contribution < 1.29 is 4.74 Å². The Morgan fingerprint density at radius 3 is 2.94 bits per heavy atom. The van der Waals surface area contributed by atoms with Crippen molar-refractivity contribution >= 4 is 16.9 Å². The van der Waals surface area contributed by atoms with Crippen molar-refractivity contribution in [2.24, 2.45) is 4.99 Å². The quantitative estimate of drug-likeness (QED) is 0.752. The summed E-state index contributed by atoms with van der Waals surface area (Å²) in [5.41, 5.74) is 0.413. The van der Waals surface area contributed by atoms with E-state index in [1.54, 1.807) is 7.11 Å². The Balaban J connectivity index is 1.69. The third-order valence-electron chi connectivity index (χ3n) is 3.43. The summed E-state index contributed by atoms with van der Waals surface area (Å²) >= 11 is 1.91. The number of rotatable bonds is 5. The maximum Gasteiger partial charge on any atom is 0.157 e. The maximum absolute atomic E-state index is 5.02. The molecule has 0 bridgehead atoms. The number of nitrogens with zero attached hydrogens (tertiary/aromatic N) is 1. The number of hydrogen-bond donors (Lipinski definition) is 1. The molecule has 0 unspecified atom stereocenters. The van der Waals surface area contributed by atoms with E-state index in [9.17, 15) is 0 Å². The summed E-state index contributed by atoms with van der Waals surface area (Å²) in [6.07, 6.45) is 7.68. The Labute approximate surface area is 102 Å². The van der Waals surface area contributed by atoms with Gasteiger partial charge in [-0.25, -0.2) is 0 Å². The van der Waals surface area contributed by atoms with E-state index >= 15 is 0 Å². The molecule has 1 saturated carbocycles. The molecule has 1 N–H and O–H groups in total. The number of unbranched alkanes of at least 4 members (excludes halogenated alkanes) is 1. The van der Waals surface area contributed by atoms with Crippen molar-refractivity contribution in [3.63, 3.8) is 0 Å². The summed E-state index contributed by atoms with van der Waals surface area (Å²) in [6.45, 7) is 1.80. The molecule has 16 heavy (non-hydrogen) atoms. The first-order valence-corrected chi connectivity index (χ1v) is 7.28. The van der Waals surface area contributed by atoms with Crippen LogP contribution >= 0.6 is 11.8 Å². The molecule has 2 fully saturated rings. The molecule has 0 aromatic heterocycles. The molecule has 0 aromatic carbocycles. The van der Waals surface area contributed by atoms with Crippen LogP contribution in [0.5, 0.6) is 0 Å². The van der Waals surface area contributed by atoms with Crippen LogP contribution in [0.1, 0.15) is 38.5 Å². The van der Waals surface area contributed by atoms with Crippen molar-refractivity contribution in [3.05, 3.63) is 0 Å². The van der Waals surface area contributed by atoms with Gasteiger partial charge >= 0.3 is 0 Å². The number of thioether (sulfide) groups is 1. The van der Waals surface area contributed by atoms with Crippen LogP contribution in [0.4, 0.5) is 0 Å². The topological polar surface area (TPSA) is 33.6 Å². The lowest BCUT2D eigenvalue weighted by Gasteiger charge is -2.21. The minimum atomic E-state index is 0.413. The van der Waals surface area contributed by atoms with E-state index in [0.29, 0.717) is 5.54 Å². The van der Waals surface area contributed by atoms with Crippen LogP contribution in [-0.4, -0.2) is 36.7 Å². The SMILES string of the molecule is COCCCCN=C1NC2(CCCC2)CS1. The van der Waals surface area contributed by atoms with Gasteiger partial charge in [0.05, 0.1) is 0 Å². The monoisotopic (exact) mass is 242 g/mol. The third kappa shape index (κ3) is 3.14. The summed E-state index contributed by atoms with van der Waals surface area (Å²) in [4.78, 5) is 4.63. The molecule has 4 heteroatoms. The fraction of sp³-hybridized carbons (Fsp3) is 0.917. The van der Waals surface area contributed by atoms with Gasteiger partial charge in [0.2, 0.25) is 0 Å². The molecule has 2 rings (SSSR count). The minimum Gasteiger partial charge on any atom is -0.385 e. The lowest BCUT2D eigenvalue weighted by atomic mass is 10.0. The van der Waals surface area contributed by atoms with Gasteiger partial charge in [0.25, 0.3) is 0 Å². The number of ether oxygens (including phenoxy) is 1. The lowest BCUT2D eigenvalue weighted by molar-refractivity contribution is 0.193. The molecule has 1 spiro atoms. The second-order valence-electron chi connectivity index (χ2n) is 4.79. The molecular formula is C12H22N2OS. The average molecular weight is 242 g/mol. The second kappa shape index (κ2) is 5.92. The number of nitrogens with one attached hydrogen (secondary N) is 1. The zero-order valence-electron chi connectivity index (χ0n) is 10.1. The lowest BCUT2D eigenvalue weighted by Crippen LogP contribution is -2.40. The Morgan fingerprint density at radius 1 is 1.38 bits per heavy atom. The molecule has 0 radical (unpaired) electrons. The highest BCUT2D eigenvalue weighted by atomic mass is 32.2. The van der Waals surface area contributed by atoms with E-state index in [1.807, 2.05) is 11.8 Å². The Kier molecular flexibility index (Phi) is 4.53. The van der Waals surface area contributed by atoms with Crippen LogP contribution in [-0.2, 0) is 4.74 Å². The molecular weight excluding hydrogens is 220 g/mol. The summed E-state index contributed by atoms with van der Waals surface area (Å²) in [5, 5.41) is 4.82. The Morgan fingerprint density at radius 2 is 2.19 bits per heavy atom. The van der Waals surface area contributed by atoms with Crippen molar-refractivity contribution in [2.45, 2.75) is 44.1 Å². The predicted octanol–water partition coefficient (Wildman–Crippen LogP) is 2.42. The first kappa shape index (κ1) is 12.2. The van der Waals surface area contributed by atoms with Gasteiger partial charge in [-0.3, -0.25) is 4.99 Å². The summed E-state index contributed by atoms with van der Waals surface area (Å²) < 4.78 is 5.02. The number of aliphatic imine (C=N–C) groups is 1. The van der Waals surface area contributed by atoms with E-state index in [1.165, 1.54) is 36.6 Å². The zero-order chi connectivity index (χ0) is 11.3. The van der Waals surface area contributed by atoms with Crippen molar-refractivity contribution in [3.8, 4) is 0 Å². The highest BCUT2D eigenvalue weighted by Crippen LogP contribution is 2.37. The average Bonchev–Trinajstić information content (AvgIpc) is 2.90. The van der Waals surface area contributed by atoms with Crippen molar-refractivity contribution in [2.75, 3.05) is 26.0 Å². The van der Waals surface area contributed by atoms with E-state index in [0.717, 1.165) is 26.0 Å². The van der Waals surface area contributed by atoms with Gasteiger partial charge in [-0.1, -0.05) is 24.6 Å². The minimum absolute atomic E-state index is 0.413. The van der Waals surface area contributed by atoms with Crippen LogP contribution in [0, 0.1) is 0 Å². The zero-order valence-corrected chi connectivity index (χ0v) is 10.9. The van der Waals surface area contributed by atoms with Crippen LogP contribution in [0.3, 0.4) is 0 Å². The smallest absolute Gasteiger partial charge is 0.157 e. The first-order valence-electron chi connectivity index (χ1n) is 6.29. The normalized spacial score (nSPS) is 25.4. The predicted molar refractivity (Wildman–Crippen MR) is 70.2 cm³/mol. The third-order valence-corrected chi connectivity index (χ3v) is 4.63. The van der Waals surface area contributed by atoms with E-state index in [4.69, 9.17) is 4.74 Å². The highest BCUT2D eigenvalue weighted by molar-refractivity contribution is 8.14. The molecule has 2 aliphatic rings. The largest absolute Gasteiger partial charge is 0.385 e. The van der Waals surface area contributed by atoms with Gasteiger partial charge < -0.3 is 10.1 Å². The Bertz CT molecular complexity index is 249. The number of amidine groups is 1. The van der Waals surface area contributed by atoms with E-state index < -0.39 is 0 Å². The molecule has 92 valence electrons. The fourth-order valence-electron chi connectivity index (χ4n) is 2.45. The van der Waals surface area contributed by atoms with Crippen molar-refractivity contribution in [1.82, 2.24) is 5.32 Å². The molecule has 0 atom stereocenters. The fourth-order valence-corrected chi connectivity index (χ4v) is 3.70. The molecule has 1 aliphatic carbocycles. The molecule has 0 amide bonds. The molecule has 1 heterocycles. The highest BCUT2D eigenvalue weighted by Gasteiger charge is 2.39. The van der Waals surface area contributed by atoms with Gasteiger partial charge in [-0.15, -0.1) is 0 Å². The van der Waals surface area contributed by atoms with E-state index in [-0.39, 0.29) is 0 Å². The molecule has 3 nitrogen and oxygen atoms in total. The van der Waals surface area contributed by atoms with Crippen molar-refractivity contribution in [1.29, 1.82) is 0 Å². The first-order chi connectivity index (χ1) is 7.85. The summed E-state index contributed by atoms with van der Waals surface area (Å²) in [6, 6.07) is 0. The van der Waals surface area contributed by atoms with Gasteiger partial charge in [-0.05, 0) is 25.7 Å². The number of methoxy groups -OCH3 is 1. The number of hydrogen-bond acceptors (Lipinski definition) is 3. The van der Waals surface area contributed by atoms with Crippen LogP contribution in [0.15, 0.2) is 4.99 Å². The van der Waals surface area contributed by atoms with E-state index in [2.05, 4.69) is 10.3 Å². The second-order valence-corrected chi connectivity index (χ2v) is 5.75. The Hall–Kier alpha value is -0.220. The van der Waals surface area contributed by atoms with Gasteiger partial charge in [0.15, 0.2) is 5.17 Å². The standard InChI is InChI=1S/C12H22N2OS/c1-15-9-5-4-8-13-11-14-12(10-16-11)6-2-3-7-12/h2-10H2,1H3,(H,13,14). The maximum atomic E-state index is 5.02. The van der Waals surface area contributed by atoms with Crippen LogP contribution in [0.25, 0.3) is 0 Å². The van der Waals surface area contributed by atoms with Crippen LogP contribution < -0.4 is 5.32 Å². The van der Waals surface area contributed by atoms with Gasteiger partial charge in [0, 0.05) is 31.6 Å². The van der Waals surface area contributed by atoms with Crippen LogP contribution in [0.2, 0.25) is 0 Å². The molecule has 1 saturated heterocycles. The summed E-state index contributed by atoms with van der Waals surface area (Å²) in [7, 11) is 1.75. The van der Waals surface area contributed by atoms with Gasteiger partial charge in [0.1, 0.15) is 0 Å². The van der Waals surface area contributed by atoms with Gasteiger partial charge in [-0.2, -0.15) is 0 Å². The molecule has 0 aromatic rings. The summed E-state index contributed by atoms with van der Waals surface area (Å²) in [5.74, 6) is 1.23.